The quantitative estimate of drug-likeness (QED) is 0.789. The summed E-state index contributed by atoms with van der Waals surface area (Å²) in [6.07, 6.45) is 3.04. The Bertz CT molecular complexity index is 396. The molecule has 1 N–H and O–H groups in total. The maximum Gasteiger partial charge on any atom is 0.306 e. The normalized spacial score (nSPS) is 30.7. The van der Waals surface area contributed by atoms with Crippen LogP contribution >= 0.6 is 0 Å². The van der Waals surface area contributed by atoms with Gasteiger partial charge in [0.15, 0.2) is 0 Å². The van der Waals surface area contributed by atoms with Crippen molar-refractivity contribution in [2.45, 2.75) is 46.0 Å². The van der Waals surface area contributed by atoms with Crippen molar-refractivity contribution in [2.75, 3.05) is 6.54 Å². The van der Waals surface area contributed by atoms with Crippen molar-refractivity contribution >= 4 is 17.8 Å². The molecular weight excluding hydrogens is 246 g/mol. The van der Waals surface area contributed by atoms with E-state index in [1.807, 2.05) is 13.8 Å². The molecule has 2 fully saturated rings. The van der Waals surface area contributed by atoms with Crippen LogP contribution in [-0.2, 0) is 14.4 Å². The number of carboxylic acids is 1. The van der Waals surface area contributed by atoms with Gasteiger partial charge in [-0.3, -0.25) is 19.3 Å². The van der Waals surface area contributed by atoms with Crippen LogP contribution in [0, 0.1) is 17.3 Å². The lowest BCUT2D eigenvalue weighted by atomic mass is 9.81. The highest BCUT2D eigenvalue weighted by Crippen LogP contribution is 2.36. The molecule has 2 unspecified atom stereocenters. The summed E-state index contributed by atoms with van der Waals surface area (Å²) < 4.78 is 0. The van der Waals surface area contributed by atoms with Gasteiger partial charge in [0, 0.05) is 19.4 Å². The average molecular weight is 267 g/mol. The van der Waals surface area contributed by atoms with Gasteiger partial charge in [0.2, 0.25) is 11.8 Å². The molecule has 1 aliphatic carbocycles. The number of rotatable bonds is 3. The number of imide groups is 1. The van der Waals surface area contributed by atoms with E-state index in [1.165, 1.54) is 4.90 Å². The molecule has 0 spiro atoms. The standard InChI is InChI=1S/C14H21NO4/c1-14(2)6-11(16)15(12(17)7-14)8-9-4-3-5-10(9)13(18)19/h9-10H,3-8H2,1-2H3,(H,18,19). The van der Waals surface area contributed by atoms with E-state index in [0.29, 0.717) is 19.3 Å². The minimum absolute atomic E-state index is 0.0772. The first-order valence-electron chi connectivity index (χ1n) is 6.86. The number of nitrogens with zero attached hydrogens (tertiary/aromatic N) is 1. The van der Waals surface area contributed by atoms with E-state index in [4.69, 9.17) is 5.11 Å². The highest BCUT2D eigenvalue weighted by atomic mass is 16.4. The predicted molar refractivity (Wildman–Crippen MR) is 68.2 cm³/mol. The van der Waals surface area contributed by atoms with Crippen LogP contribution in [0.15, 0.2) is 0 Å². The SMILES string of the molecule is CC1(C)CC(=O)N(CC2CCCC2C(=O)O)C(=O)C1. The van der Waals surface area contributed by atoms with Crippen LogP contribution in [0.5, 0.6) is 0 Å². The Balaban J connectivity index is 2.05. The number of likely N-dealkylation sites (tertiary alicyclic amines) is 1. The molecule has 5 heteroatoms. The first-order chi connectivity index (χ1) is 8.80. The van der Waals surface area contributed by atoms with Crippen molar-refractivity contribution in [2.24, 2.45) is 17.3 Å². The third-order valence-corrected chi connectivity index (χ3v) is 4.26. The summed E-state index contributed by atoms with van der Waals surface area (Å²) in [5, 5.41) is 9.14. The van der Waals surface area contributed by atoms with Gasteiger partial charge < -0.3 is 5.11 Å². The fourth-order valence-corrected chi connectivity index (χ4v) is 3.23. The Morgan fingerprint density at radius 3 is 2.37 bits per heavy atom. The van der Waals surface area contributed by atoms with Crippen LogP contribution in [0.1, 0.15) is 46.0 Å². The maximum absolute atomic E-state index is 12.0. The molecule has 0 bridgehead atoms. The highest BCUT2D eigenvalue weighted by molar-refractivity contribution is 5.98. The lowest BCUT2D eigenvalue weighted by molar-refractivity contribution is -0.155. The monoisotopic (exact) mass is 267 g/mol. The smallest absolute Gasteiger partial charge is 0.306 e. The van der Waals surface area contributed by atoms with Crippen molar-refractivity contribution in [1.29, 1.82) is 0 Å². The van der Waals surface area contributed by atoms with Crippen LogP contribution in [0.2, 0.25) is 0 Å². The van der Waals surface area contributed by atoms with E-state index in [2.05, 4.69) is 0 Å². The van der Waals surface area contributed by atoms with Crippen LogP contribution in [0.3, 0.4) is 0 Å². The van der Waals surface area contributed by atoms with Crippen LogP contribution in [0.4, 0.5) is 0 Å². The molecule has 0 aromatic heterocycles. The second-order valence-electron chi connectivity index (χ2n) is 6.55. The molecule has 2 rings (SSSR count). The first kappa shape index (κ1) is 14.0. The molecule has 1 saturated carbocycles. The zero-order valence-electron chi connectivity index (χ0n) is 11.5. The molecule has 1 heterocycles. The second-order valence-corrected chi connectivity index (χ2v) is 6.55. The van der Waals surface area contributed by atoms with Crippen LogP contribution in [-0.4, -0.2) is 34.3 Å². The van der Waals surface area contributed by atoms with Gasteiger partial charge in [-0.2, -0.15) is 0 Å². The largest absolute Gasteiger partial charge is 0.481 e. The van der Waals surface area contributed by atoms with Gasteiger partial charge in [0.25, 0.3) is 0 Å². The van der Waals surface area contributed by atoms with Crippen molar-refractivity contribution in [3.8, 4) is 0 Å². The van der Waals surface area contributed by atoms with Crippen molar-refractivity contribution in [1.82, 2.24) is 4.90 Å². The first-order valence-corrected chi connectivity index (χ1v) is 6.86. The minimum atomic E-state index is -0.806. The van der Waals surface area contributed by atoms with E-state index in [-0.39, 0.29) is 29.7 Å². The Hall–Kier alpha value is -1.39. The summed E-state index contributed by atoms with van der Waals surface area (Å²) in [6.45, 7) is 4.11. The average Bonchev–Trinajstić information content (AvgIpc) is 2.70. The Labute approximate surface area is 113 Å². The molecular formula is C14H21NO4. The van der Waals surface area contributed by atoms with Crippen LogP contribution < -0.4 is 0 Å². The number of hydrogen-bond acceptors (Lipinski definition) is 3. The summed E-state index contributed by atoms with van der Waals surface area (Å²) in [7, 11) is 0. The van der Waals surface area contributed by atoms with Crippen molar-refractivity contribution in [3.63, 3.8) is 0 Å². The number of carboxylic acid groups (broad SMARTS) is 1. The minimum Gasteiger partial charge on any atom is -0.481 e. The van der Waals surface area contributed by atoms with E-state index in [9.17, 15) is 14.4 Å². The molecule has 1 saturated heterocycles. The number of hydrogen-bond donors (Lipinski definition) is 1. The molecule has 2 amide bonds. The molecule has 0 aromatic rings. The van der Waals surface area contributed by atoms with Gasteiger partial charge in [-0.25, -0.2) is 0 Å². The summed E-state index contributed by atoms with van der Waals surface area (Å²) in [4.78, 5) is 36.5. The van der Waals surface area contributed by atoms with E-state index in [1.54, 1.807) is 0 Å². The van der Waals surface area contributed by atoms with Gasteiger partial charge in [-0.1, -0.05) is 20.3 Å². The van der Waals surface area contributed by atoms with Crippen molar-refractivity contribution < 1.29 is 19.5 Å². The third-order valence-electron chi connectivity index (χ3n) is 4.26. The number of amides is 2. The van der Waals surface area contributed by atoms with Gasteiger partial charge in [0.1, 0.15) is 0 Å². The predicted octanol–water partition coefficient (Wildman–Crippen LogP) is 1.66. The summed E-state index contributed by atoms with van der Waals surface area (Å²) >= 11 is 0. The maximum atomic E-state index is 12.0. The fraction of sp³-hybridized carbons (Fsp3) is 0.786. The summed E-state index contributed by atoms with van der Waals surface area (Å²) in [6, 6.07) is 0. The van der Waals surface area contributed by atoms with Gasteiger partial charge in [-0.15, -0.1) is 0 Å². The number of carbonyl (C=O) groups is 3. The fourth-order valence-electron chi connectivity index (χ4n) is 3.23. The number of carbonyl (C=O) groups excluding carboxylic acids is 2. The van der Waals surface area contributed by atoms with Gasteiger partial charge in [-0.05, 0) is 24.2 Å². The van der Waals surface area contributed by atoms with Crippen LogP contribution in [0.25, 0.3) is 0 Å². The zero-order chi connectivity index (χ0) is 14.2. The number of aliphatic carboxylic acids is 1. The second kappa shape index (κ2) is 4.94. The summed E-state index contributed by atoms with van der Waals surface area (Å²) in [5.74, 6) is -1.60. The van der Waals surface area contributed by atoms with E-state index in [0.717, 1.165) is 12.8 Å². The highest BCUT2D eigenvalue weighted by Gasteiger charge is 2.41. The molecule has 19 heavy (non-hydrogen) atoms. The van der Waals surface area contributed by atoms with Gasteiger partial charge in [0.05, 0.1) is 5.92 Å². The Morgan fingerprint density at radius 1 is 1.26 bits per heavy atom. The topological polar surface area (TPSA) is 74.7 Å². The van der Waals surface area contributed by atoms with Crippen molar-refractivity contribution in [3.05, 3.63) is 0 Å². The lowest BCUT2D eigenvalue weighted by Gasteiger charge is -2.36. The zero-order valence-corrected chi connectivity index (χ0v) is 11.5. The van der Waals surface area contributed by atoms with Gasteiger partial charge >= 0.3 is 5.97 Å². The number of piperidine rings is 1. The Morgan fingerprint density at radius 2 is 1.84 bits per heavy atom. The van der Waals surface area contributed by atoms with E-state index < -0.39 is 11.9 Å². The third kappa shape index (κ3) is 2.96. The molecule has 0 radical (unpaired) electrons. The molecule has 5 nitrogen and oxygen atoms in total. The molecule has 2 aliphatic rings. The molecule has 106 valence electrons. The molecule has 0 aromatic carbocycles. The summed E-state index contributed by atoms with van der Waals surface area (Å²) in [5.41, 5.74) is -0.271. The lowest BCUT2D eigenvalue weighted by Crippen LogP contribution is -2.48. The van der Waals surface area contributed by atoms with E-state index >= 15 is 0 Å². The molecule has 2 atom stereocenters. The molecule has 1 aliphatic heterocycles. The Kier molecular flexibility index (Phi) is 3.65.